The zero-order chi connectivity index (χ0) is 24.6. The highest BCUT2D eigenvalue weighted by atomic mass is 32.2. The summed E-state index contributed by atoms with van der Waals surface area (Å²) in [6.45, 7) is 5.58. The molecule has 0 aliphatic rings. The third-order valence-corrected chi connectivity index (χ3v) is 7.24. The Labute approximate surface area is 196 Å². The second-order valence-corrected chi connectivity index (χ2v) is 9.72. The van der Waals surface area contributed by atoms with Crippen LogP contribution in [-0.2, 0) is 10.0 Å². The predicted octanol–water partition coefficient (Wildman–Crippen LogP) is 5.10. The van der Waals surface area contributed by atoms with Gasteiger partial charge in [-0.2, -0.15) is 0 Å². The van der Waals surface area contributed by atoms with E-state index in [9.17, 15) is 17.2 Å². The third-order valence-electron chi connectivity index (χ3n) is 4.58. The first kappa shape index (κ1) is 23.4. The Balaban J connectivity index is 1.84. The van der Waals surface area contributed by atoms with Crippen LogP contribution in [0.4, 0.5) is 24.8 Å². The van der Waals surface area contributed by atoms with Gasteiger partial charge in [0.2, 0.25) is 5.95 Å². The summed E-state index contributed by atoms with van der Waals surface area (Å²) in [6, 6.07) is 8.07. The van der Waals surface area contributed by atoms with Crippen LogP contribution < -0.4 is 10.5 Å². The Morgan fingerprint density at radius 1 is 1.06 bits per heavy atom. The molecular formula is C22H16F3N5O2S2. The maximum Gasteiger partial charge on any atom is 0.267 e. The fourth-order valence-corrected chi connectivity index (χ4v) is 5.26. The summed E-state index contributed by atoms with van der Waals surface area (Å²) in [6.07, 6.45) is 1.44. The van der Waals surface area contributed by atoms with Gasteiger partial charge in [-0.1, -0.05) is 18.7 Å². The van der Waals surface area contributed by atoms with E-state index >= 15 is 4.39 Å². The molecule has 0 aliphatic carbocycles. The van der Waals surface area contributed by atoms with Gasteiger partial charge in [-0.25, -0.2) is 36.5 Å². The third kappa shape index (κ3) is 4.37. The average Bonchev–Trinajstić information content (AvgIpc) is 3.20. The van der Waals surface area contributed by atoms with Crippen molar-refractivity contribution in [1.29, 1.82) is 0 Å². The normalized spacial score (nSPS) is 11.4. The van der Waals surface area contributed by atoms with Crippen molar-refractivity contribution in [3.63, 3.8) is 0 Å². The molecule has 174 valence electrons. The molecule has 12 heteroatoms. The summed E-state index contributed by atoms with van der Waals surface area (Å²) in [5.74, 6) is -3.61. The summed E-state index contributed by atoms with van der Waals surface area (Å²) in [7, 11) is -4.78. The van der Waals surface area contributed by atoms with E-state index in [-0.39, 0.29) is 17.2 Å². The molecular weight excluding hydrogens is 487 g/mol. The zero-order valence-electron chi connectivity index (χ0n) is 17.5. The number of anilines is 2. The average molecular weight is 504 g/mol. The molecule has 4 rings (SSSR count). The Kier molecular flexibility index (Phi) is 6.11. The van der Waals surface area contributed by atoms with Crippen molar-refractivity contribution in [3.8, 4) is 21.8 Å². The van der Waals surface area contributed by atoms with Crippen molar-refractivity contribution in [3.05, 3.63) is 77.7 Å². The van der Waals surface area contributed by atoms with Gasteiger partial charge in [0.1, 0.15) is 16.6 Å². The quantitative estimate of drug-likeness (QED) is 0.379. The summed E-state index contributed by atoms with van der Waals surface area (Å²) in [5, 5.41) is 0.501. The molecule has 0 saturated heterocycles. The minimum Gasteiger partial charge on any atom is -0.368 e. The minimum atomic E-state index is -4.78. The van der Waals surface area contributed by atoms with Gasteiger partial charge < -0.3 is 5.73 Å². The highest BCUT2D eigenvalue weighted by Gasteiger charge is 2.27. The van der Waals surface area contributed by atoms with Gasteiger partial charge in [0.25, 0.3) is 10.0 Å². The second kappa shape index (κ2) is 8.88. The van der Waals surface area contributed by atoms with Crippen LogP contribution in [-0.4, -0.2) is 23.4 Å². The lowest BCUT2D eigenvalue weighted by molar-refractivity contribution is 0.521. The van der Waals surface area contributed by atoms with Gasteiger partial charge in [0, 0.05) is 11.8 Å². The number of benzene rings is 2. The molecule has 7 nitrogen and oxygen atoms in total. The Hall–Kier alpha value is -3.77. The van der Waals surface area contributed by atoms with E-state index in [1.54, 1.807) is 13.0 Å². The van der Waals surface area contributed by atoms with Crippen LogP contribution in [0.25, 0.3) is 27.4 Å². The van der Waals surface area contributed by atoms with Crippen molar-refractivity contribution < 1.29 is 21.6 Å². The first-order valence-corrected chi connectivity index (χ1v) is 11.9. The molecule has 0 unspecified atom stereocenters. The predicted molar refractivity (Wildman–Crippen MR) is 125 cm³/mol. The van der Waals surface area contributed by atoms with Crippen LogP contribution in [0, 0.1) is 17.5 Å². The lowest BCUT2D eigenvalue weighted by Gasteiger charge is -2.12. The summed E-state index contributed by atoms with van der Waals surface area (Å²) in [5.41, 5.74) is 6.27. The van der Waals surface area contributed by atoms with Gasteiger partial charge in [0.15, 0.2) is 10.7 Å². The monoisotopic (exact) mass is 503 g/mol. The number of rotatable bonds is 6. The molecule has 34 heavy (non-hydrogen) atoms. The fraction of sp³-hybridized carbons (Fsp3) is 0.0455. The van der Waals surface area contributed by atoms with Gasteiger partial charge >= 0.3 is 0 Å². The molecule has 2 aromatic carbocycles. The molecule has 2 heterocycles. The van der Waals surface area contributed by atoms with Crippen LogP contribution in [0.1, 0.15) is 11.9 Å². The molecule has 0 spiro atoms. The molecule has 3 N–H and O–H groups in total. The number of nitrogens with two attached hydrogens (primary N) is 1. The lowest BCUT2D eigenvalue weighted by Crippen LogP contribution is -2.17. The van der Waals surface area contributed by atoms with Gasteiger partial charge in [0.05, 0.1) is 22.0 Å². The maximum atomic E-state index is 15.6. The Morgan fingerprint density at radius 3 is 2.38 bits per heavy atom. The number of nitrogens with zero attached hydrogens (tertiary/aromatic N) is 3. The molecule has 4 aromatic rings. The highest BCUT2D eigenvalue weighted by molar-refractivity contribution is 7.92. The molecule has 0 bridgehead atoms. The van der Waals surface area contributed by atoms with Crippen molar-refractivity contribution in [2.24, 2.45) is 0 Å². The van der Waals surface area contributed by atoms with E-state index < -0.39 is 38.1 Å². The number of aromatic nitrogens is 3. The standard InChI is InChI=1S/C22H16F3N5O2S2/c1-11(2)21-29-18(19(33-21)16-9-10-27-22(26)28-16)12-5-3-8-15(17(12)25)30-34(31,32)20-13(23)6-4-7-14(20)24/h3-10,30H,1H2,2H3,(H2,26,27,28). The van der Waals surface area contributed by atoms with E-state index in [0.717, 1.165) is 24.3 Å². The number of hydrogen-bond donors (Lipinski definition) is 2. The number of thiazole rings is 1. The van der Waals surface area contributed by atoms with Crippen LogP contribution in [0.3, 0.4) is 0 Å². The first-order valence-electron chi connectivity index (χ1n) is 9.60. The van der Waals surface area contributed by atoms with Crippen molar-refractivity contribution >= 4 is 38.6 Å². The van der Waals surface area contributed by atoms with Crippen molar-refractivity contribution in [1.82, 2.24) is 15.0 Å². The highest BCUT2D eigenvalue weighted by Crippen LogP contribution is 2.40. The number of hydrogen-bond acceptors (Lipinski definition) is 7. The number of halogens is 3. The van der Waals surface area contributed by atoms with Crippen molar-refractivity contribution in [2.45, 2.75) is 11.8 Å². The molecule has 0 amide bonds. The first-order chi connectivity index (χ1) is 16.1. The topological polar surface area (TPSA) is 111 Å². The summed E-state index contributed by atoms with van der Waals surface area (Å²) >= 11 is 1.19. The van der Waals surface area contributed by atoms with E-state index in [4.69, 9.17) is 5.73 Å². The van der Waals surface area contributed by atoms with Crippen LogP contribution in [0.5, 0.6) is 0 Å². The Morgan fingerprint density at radius 2 is 1.74 bits per heavy atom. The van der Waals surface area contributed by atoms with E-state index in [0.29, 0.717) is 21.2 Å². The molecule has 0 fully saturated rings. The number of allylic oxidation sites excluding steroid dienone is 1. The summed E-state index contributed by atoms with van der Waals surface area (Å²) in [4.78, 5) is 11.7. The van der Waals surface area contributed by atoms with Gasteiger partial charge in [-0.3, -0.25) is 4.72 Å². The van der Waals surface area contributed by atoms with E-state index in [1.165, 1.54) is 29.7 Å². The maximum absolute atomic E-state index is 15.6. The van der Waals surface area contributed by atoms with Crippen LogP contribution in [0.15, 0.2) is 60.1 Å². The van der Waals surface area contributed by atoms with Crippen molar-refractivity contribution in [2.75, 3.05) is 10.5 Å². The van der Waals surface area contributed by atoms with E-state index in [1.807, 2.05) is 4.72 Å². The molecule has 0 saturated carbocycles. The summed E-state index contributed by atoms with van der Waals surface area (Å²) < 4.78 is 70.9. The molecule has 0 radical (unpaired) electrons. The Bertz CT molecular complexity index is 1520. The smallest absolute Gasteiger partial charge is 0.267 e. The number of sulfonamides is 1. The molecule has 0 aliphatic heterocycles. The number of nitrogen functional groups attached to an aromatic ring is 1. The minimum absolute atomic E-state index is 0.00243. The zero-order valence-corrected chi connectivity index (χ0v) is 19.1. The second-order valence-electron chi connectivity index (χ2n) is 7.10. The lowest BCUT2D eigenvalue weighted by atomic mass is 10.1. The van der Waals surface area contributed by atoms with Crippen LogP contribution >= 0.6 is 11.3 Å². The molecule has 0 atom stereocenters. The van der Waals surface area contributed by atoms with Gasteiger partial charge in [-0.15, -0.1) is 11.3 Å². The van der Waals surface area contributed by atoms with E-state index in [2.05, 4.69) is 21.5 Å². The fourth-order valence-electron chi connectivity index (χ4n) is 3.09. The van der Waals surface area contributed by atoms with Gasteiger partial charge in [-0.05, 0) is 42.8 Å². The van der Waals surface area contributed by atoms with Crippen LogP contribution in [0.2, 0.25) is 0 Å². The SMILES string of the molecule is C=C(C)c1nc(-c2cccc(NS(=O)(=O)c3c(F)cccc3F)c2F)c(-c2ccnc(N)n2)s1. The largest absolute Gasteiger partial charge is 0.368 e. The number of nitrogens with one attached hydrogen (secondary N) is 1. The molecule has 2 aromatic heterocycles.